The maximum atomic E-state index is 12.7. The Morgan fingerprint density at radius 2 is 1.85 bits per heavy atom. The van der Waals surface area contributed by atoms with Gasteiger partial charge in [-0.05, 0) is 49.9 Å². The minimum absolute atomic E-state index is 0.277. The van der Waals surface area contributed by atoms with Crippen molar-refractivity contribution in [1.82, 2.24) is 4.72 Å². The van der Waals surface area contributed by atoms with Crippen LogP contribution in [-0.4, -0.2) is 26.5 Å². The summed E-state index contributed by atoms with van der Waals surface area (Å²) in [5.41, 5.74) is 0.979. The topological polar surface area (TPSA) is 98.5 Å². The Bertz CT molecular complexity index is 879. The van der Waals surface area contributed by atoms with Crippen molar-refractivity contribution in [3.8, 4) is 5.75 Å². The summed E-state index contributed by atoms with van der Waals surface area (Å²) >= 11 is 0. The number of nitro groups is 1. The molecule has 0 spiro atoms. The molecule has 0 fully saturated rings. The minimum atomic E-state index is -3.99. The van der Waals surface area contributed by atoms with Gasteiger partial charge in [-0.1, -0.05) is 24.3 Å². The standard InChI is InChI=1S/C18H22N2O5S/c1-13-5-4-6-17(20(21)22)18(13)26(23,24)19-14(2)7-8-15-9-11-16(25-3)12-10-15/h4-6,9-12,14,19H,7-8H2,1-3H3. The molecule has 2 aromatic rings. The van der Waals surface area contributed by atoms with E-state index in [4.69, 9.17) is 4.74 Å². The molecule has 0 heterocycles. The second kappa shape index (κ2) is 8.29. The molecular weight excluding hydrogens is 356 g/mol. The van der Waals surface area contributed by atoms with Crippen molar-refractivity contribution in [3.63, 3.8) is 0 Å². The lowest BCUT2D eigenvalue weighted by molar-refractivity contribution is -0.387. The lowest BCUT2D eigenvalue weighted by Crippen LogP contribution is -2.33. The first-order valence-electron chi connectivity index (χ1n) is 8.14. The highest BCUT2D eigenvalue weighted by Crippen LogP contribution is 2.27. The zero-order valence-corrected chi connectivity index (χ0v) is 15.7. The van der Waals surface area contributed by atoms with Crippen LogP contribution in [0.4, 0.5) is 5.69 Å². The van der Waals surface area contributed by atoms with Gasteiger partial charge in [-0.25, -0.2) is 13.1 Å². The zero-order valence-electron chi connectivity index (χ0n) is 14.9. The van der Waals surface area contributed by atoms with Crippen LogP contribution in [0.3, 0.4) is 0 Å². The molecule has 8 heteroatoms. The molecular formula is C18H22N2O5S. The fraction of sp³-hybridized carbons (Fsp3) is 0.333. The Morgan fingerprint density at radius 3 is 2.42 bits per heavy atom. The highest BCUT2D eigenvalue weighted by Gasteiger charge is 2.28. The Balaban J connectivity index is 2.10. The van der Waals surface area contributed by atoms with Gasteiger partial charge >= 0.3 is 0 Å². The molecule has 140 valence electrons. The third-order valence-corrected chi connectivity index (χ3v) is 5.82. The summed E-state index contributed by atoms with van der Waals surface area (Å²) in [6.07, 6.45) is 1.23. The number of hydrogen-bond donors (Lipinski definition) is 1. The molecule has 2 aromatic carbocycles. The van der Waals surface area contributed by atoms with Crippen molar-refractivity contribution in [2.24, 2.45) is 0 Å². The van der Waals surface area contributed by atoms with E-state index in [1.807, 2.05) is 24.3 Å². The Hall–Kier alpha value is -2.45. The molecule has 1 atom stereocenters. The second-order valence-corrected chi connectivity index (χ2v) is 7.74. The first-order chi connectivity index (χ1) is 12.2. The first kappa shape index (κ1) is 19.9. The normalized spacial score (nSPS) is 12.6. The average Bonchev–Trinajstić information content (AvgIpc) is 2.59. The number of nitrogens with one attached hydrogen (secondary N) is 1. The number of nitrogens with zero attached hydrogens (tertiary/aromatic N) is 1. The van der Waals surface area contributed by atoms with Crippen LogP contribution < -0.4 is 9.46 Å². The minimum Gasteiger partial charge on any atom is -0.497 e. The molecule has 0 aliphatic heterocycles. The van der Waals surface area contributed by atoms with E-state index in [-0.39, 0.29) is 10.9 Å². The molecule has 0 aliphatic carbocycles. The molecule has 1 N–H and O–H groups in total. The number of aryl methyl sites for hydroxylation is 2. The van der Waals surface area contributed by atoms with E-state index in [1.54, 1.807) is 27.0 Å². The average molecular weight is 378 g/mol. The van der Waals surface area contributed by atoms with E-state index in [9.17, 15) is 18.5 Å². The van der Waals surface area contributed by atoms with Crippen molar-refractivity contribution < 1.29 is 18.1 Å². The highest BCUT2D eigenvalue weighted by molar-refractivity contribution is 7.89. The Kier molecular flexibility index (Phi) is 6.33. The molecule has 26 heavy (non-hydrogen) atoms. The summed E-state index contributed by atoms with van der Waals surface area (Å²) in [7, 11) is -2.40. The van der Waals surface area contributed by atoms with Gasteiger partial charge in [-0.2, -0.15) is 0 Å². The van der Waals surface area contributed by atoms with Crippen molar-refractivity contribution >= 4 is 15.7 Å². The molecule has 2 rings (SSSR count). The molecule has 0 bridgehead atoms. The van der Waals surface area contributed by atoms with Gasteiger partial charge in [0.1, 0.15) is 5.75 Å². The first-order valence-corrected chi connectivity index (χ1v) is 9.62. The third-order valence-electron chi connectivity index (χ3n) is 4.04. The van der Waals surface area contributed by atoms with Gasteiger partial charge in [0.15, 0.2) is 4.90 Å². The van der Waals surface area contributed by atoms with Crippen LogP contribution in [-0.2, 0) is 16.4 Å². The number of hydrogen-bond acceptors (Lipinski definition) is 5. The molecule has 1 unspecified atom stereocenters. The maximum absolute atomic E-state index is 12.7. The summed E-state index contributed by atoms with van der Waals surface area (Å²) in [4.78, 5) is 10.2. The van der Waals surface area contributed by atoms with Gasteiger partial charge in [0.2, 0.25) is 10.0 Å². The largest absolute Gasteiger partial charge is 0.497 e. The van der Waals surface area contributed by atoms with Gasteiger partial charge < -0.3 is 4.74 Å². The van der Waals surface area contributed by atoms with Gasteiger partial charge in [0, 0.05) is 12.1 Å². The van der Waals surface area contributed by atoms with Crippen LogP contribution in [0.25, 0.3) is 0 Å². The summed E-state index contributed by atoms with van der Waals surface area (Å²) in [6, 6.07) is 11.4. The second-order valence-electron chi connectivity index (χ2n) is 6.09. The summed E-state index contributed by atoms with van der Waals surface area (Å²) in [6.45, 7) is 3.29. The lowest BCUT2D eigenvalue weighted by atomic mass is 10.1. The van der Waals surface area contributed by atoms with Crippen molar-refractivity contribution in [2.45, 2.75) is 37.6 Å². The summed E-state index contributed by atoms with van der Waals surface area (Å²) in [5.74, 6) is 0.759. The Morgan fingerprint density at radius 1 is 1.19 bits per heavy atom. The van der Waals surface area contributed by atoms with Gasteiger partial charge in [-0.15, -0.1) is 0 Å². The predicted octanol–water partition coefficient (Wildman–Crippen LogP) is 3.21. The monoisotopic (exact) mass is 378 g/mol. The summed E-state index contributed by atoms with van der Waals surface area (Å²) < 4.78 is 33.0. The Labute approximate surface area is 153 Å². The van der Waals surface area contributed by atoms with Gasteiger partial charge in [-0.3, -0.25) is 10.1 Å². The molecule has 0 amide bonds. The number of rotatable bonds is 8. The fourth-order valence-electron chi connectivity index (χ4n) is 2.69. The van der Waals surface area contributed by atoms with E-state index >= 15 is 0 Å². The molecule has 0 saturated carbocycles. The smallest absolute Gasteiger partial charge is 0.289 e. The van der Waals surface area contributed by atoms with Crippen LogP contribution in [0, 0.1) is 17.0 Å². The third kappa shape index (κ3) is 4.80. The van der Waals surface area contributed by atoms with Crippen LogP contribution in [0.15, 0.2) is 47.4 Å². The zero-order chi connectivity index (χ0) is 19.3. The van der Waals surface area contributed by atoms with Crippen LogP contribution in [0.5, 0.6) is 5.75 Å². The SMILES string of the molecule is COc1ccc(CCC(C)NS(=O)(=O)c2c(C)cccc2[N+](=O)[O-])cc1. The predicted molar refractivity (Wildman–Crippen MR) is 98.9 cm³/mol. The van der Waals surface area contributed by atoms with E-state index in [2.05, 4.69) is 4.72 Å². The number of ether oxygens (including phenoxy) is 1. The quantitative estimate of drug-likeness (QED) is 0.562. The van der Waals surface area contributed by atoms with E-state index in [0.29, 0.717) is 18.4 Å². The molecule has 7 nitrogen and oxygen atoms in total. The van der Waals surface area contributed by atoms with Crippen molar-refractivity contribution in [3.05, 3.63) is 63.7 Å². The van der Waals surface area contributed by atoms with Crippen molar-refractivity contribution in [2.75, 3.05) is 7.11 Å². The van der Waals surface area contributed by atoms with E-state index < -0.39 is 20.6 Å². The molecule has 0 saturated heterocycles. The lowest BCUT2D eigenvalue weighted by Gasteiger charge is -2.15. The summed E-state index contributed by atoms with van der Waals surface area (Å²) in [5, 5.41) is 11.2. The highest BCUT2D eigenvalue weighted by atomic mass is 32.2. The number of nitro benzene ring substituents is 1. The molecule has 0 radical (unpaired) electrons. The number of methoxy groups -OCH3 is 1. The van der Waals surface area contributed by atoms with E-state index in [1.165, 1.54) is 12.1 Å². The van der Waals surface area contributed by atoms with E-state index in [0.717, 1.165) is 11.3 Å². The number of sulfonamides is 1. The van der Waals surface area contributed by atoms with Gasteiger partial charge in [0.05, 0.1) is 12.0 Å². The van der Waals surface area contributed by atoms with Crippen LogP contribution >= 0.6 is 0 Å². The van der Waals surface area contributed by atoms with Crippen LogP contribution in [0.2, 0.25) is 0 Å². The number of benzene rings is 2. The van der Waals surface area contributed by atoms with Crippen molar-refractivity contribution in [1.29, 1.82) is 0 Å². The molecule has 0 aromatic heterocycles. The van der Waals surface area contributed by atoms with Crippen LogP contribution in [0.1, 0.15) is 24.5 Å². The fourth-order valence-corrected chi connectivity index (χ4v) is 4.36. The van der Waals surface area contributed by atoms with Gasteiger partial charge in [0.25, 0.3) is 5.69 Å². The molecule has 0 aliphatic rings. The maximum Gasteiger partial charge on any atom is 0.289 e.